The van der Waals surface area contributed by atoms with Crippen molar-refractivity contribution in [2.24, 2.45) is 0 Å². The summed E-state index contributed by atoms with van der Waals surface area (Å²) in [6.45, 7) is 0. The molecule has 2 aromatic rings. The maximum atomic E-state index is 8.43. The van der Waals surface area contributed by atoms with Gasteiger partial charge in [-0.2, -0.15) is 5.26 Å². The zero-order chi connectivity index (χ0) is 10.5. The first-order chi connectivity index (χ1) is 7.40. The third-order valence-electron chi connectivity index (χ3n) is 1.80. The maximum Gasteiger partial charge on any atom is 0.236 e. The van der Waals surface area contributed by atoms with E-state index in [1.54, 1.807) is 30.9 Å². The van der Waals surface area contributed by atoms with Crippen molar-refractivity contribution in [2.45, 2.75) is 0 Å². The Bertz CT molecular complexity index is 489. The van der Waals surface area contributed by atoms with Gasteiger partial charge in [0.25, 0.3) is 0 Å². The maximum absolute atomic E-state index is 8.43. The van der Waals surface area contributed by atoms with Crippen LogP contribution in [0.4, 0.5) is 5.95 Å². The second kappa shape index (κ2) is 4.15. The van der Waals surface area contributed by atoms with Crippen LogP contribution in [0.3, 0.4) is 0 Å². The SMILES string of the molecule is N#CNc1nccc(-c2ccncc2)n1. The van der Waals surface area contributed by atoms with E-state index in [9.17, 15) is 0 Å². The zero-order valence-corrected chi connectivity index (χ0v) is 7.75. The molecule has 15 heavy (non-hydrogen) atoms. The molecule has 2 rings (SSSR count). The second-order valence-electron chi connectivity index (χ2n) is 2.74. The number of anilines is 1. The molecule has 0 unspecified atom stereocenters. The second-order valence-corrected chi connectivity index (χ2v) is 2.74. The van der Waals surface area contributed by atoms with Gasteiger partial charge >= 0.3 is 0 Å². The Hall–Kier alpha value is -2.48. The van der Waals surface area contributed by atoms with E-state index in [0.717, 1.165) is 11.3 Å². The number of rotatable bonds is 2. The monoisotopic (exact) mass is 197 g/mol. The summed E-state index contributed by atoms with van der Waals surface area (Å²) in [6, 6.07) is 5.47. The molecule has 0 fully saturated rings. The van der Waals surface area contributed by atoms with Crippen LogP contribution in [0.1, 0.15) is 0 Å². The van der Waals surface area contributed by atoms with Crippen LogP contribution in [-0.4, -0.2) is 15.0 Å². The van der Waals surface area contributed by atoms with Crippen LogP contribution >= 0.6 is 0 Å². The summed E-state index contributed by atoms with van der Waals surface area (Å²) in [4.78, 5) is 12.0. The fourth-order valence-electron chi connectivity index (χ4n) is 1.15. The molecule has 0 aliphatic rings. The zero-order valence-electron chi connectivity index (χ0n) is 7.75. The highest BCUT2D eigenvalue weighted by molar-refractivity contribution is 5.59. The molecule has 0 spiro atoms. The first kappa shape index (κ1) is 9.09. The van der Waals surface area contributed by atoms with E-state index in [1.807, 2.05) is 12.1 Å². The van der Waals surface area contributed by atoms with Crippen LogP contribution in [-0.2, 0) is 0 Å². The quantitative estimate of drug-likeness (QED) is 0.582. The van der Waals surface area contributed by atoms with Gasteiger partial charge in [0.05, 0.1) is 5.69 Å². The first-order valence-electron chi connectivity index (χ1n) is 4.29. The Morgan fingerprint density at radius 1 is 1.13 bits per heavy atom. The lowest BCUT2D eigenvalue weighted by Gasteiger charge is -2.00. The third-order valence-corrected chi connectivity index (χ3v) is 1.80. The average molecular weight is 197 g/mol. The van der Waals surface area contributed by atoms with Crippen molar-refractivity contribution in [3.05, 3.63) is 36.8 Å². The number of hydrogen-bond donors (Lipinski definition) is 1. The molecule has 0 aliphatic carbocycles. The summed E-state index contributed by atoms with van der Waals surface area (Å²) < 4.78 is 0. The van der Waals surface area contributed by atoms with E-state index < -0.39 is 0 Å². The van der Waals surface area contributed by atoms with Crippen LogP contribution in [0.25, 0.3) is 11.3 Å². The minimum atomic E-state index is 0.298. The van der Waals surface area contributed by atoms with Gasteiger partial charge in [0.2, 0.25) is 5.95 Å². The molecule has 0 saturated heterocycles. The fraction of sp³-hybridized carbons (Fsp3) is 0. The van der Waals surface area contributed by atoms with Gasteiger partial charge in [0.15, 0.2) is 6.19 Å². The molecule has 0 aliphatic heterocycles. The molecule has 5 heteroatoms. The molecule has 2 aromatic heterocycles. The predicted molar refractivity (Wildman–Crippen MR) is 54.5 cm³/mol. The molecular formula is C10H7N5. The Morgan fingerprint density at radius 3 is 2.67 bits per heavy atom. The van der Waals surface area contributed by atoms with Crippen LogP contribution in [0.15, 0.2) is 36.8 Å². The molecule has 5 nitrogen and oxygen atoms in total. The smallest absolute Gasteiger partial charge is 0.236 e. The van der Waals surface area contributed by atoms with Crippen LogP contribution in [0.2, 0.25) is 0 Å². The summed E-state index contributed by atoms with van der Waals surface area (Å²) >= 11 is 0. The standard InChI is InChI=1S/C10H7N5/c11-7-14-10-13-6-3-9(15-10)8-1-4-12-5-2-8/h1-6H,(H,13,14,15). The summed E-state index contributed by atoms with van der Waals surface area (Å²) in [7, 11) is 0. The lowest BCUT2D eigenvalue weighted by Crippen LogP contribution is -1.96. The van der Waals surface area contributed by atoms with Crippen molar-refractivity contribution in [3.8, 4) is 17.5 Å². The molecule has 0 amide bonds. The summed E-state index contributed by atoms with van der Waals surface area (Å²) in [5.41, 5.74) is 1.69. The summed E-state index contributed by atoms with van der Waals surface area (Å²) in [6.07, 6.45) is 6.75. The van der Waals surface area contributed by atoms with Crippen molar-refractivity contribution < 1.29 is 0 Å². The molecule has 0 bridgehead atoms. The summed E-state index contributed by atoms with van der Waals surface area (Å²) in [5.74, 6) is 0.298. The van der Waals surface area contributed by atoms with Gasteiger partial charge < -0.3 is 0 Å². The molecule has 0 aromatic carbocycles. The van der Waals surface area contributed by atoms with Crippen LogP contribution in [0, 0.1) is 11.5 Å². The van der Waals surface area contributed by atoms with Gasteiger partial charge in [-0.15, -0.1) is 0 Å². The van der Waals surface area contributed by atoms with Gasteiger partial charge in [-0.05, 0) is 18.2 Å². The van der Waals surface area contributed by atoms with Gasteiger partial charge in [-0.1, -0.05) is 0 Å². The lowest BCUT2D eigenvalue weighted by molar-refractivity contribution is 1.17. The van der Waals surface area contributed by atoms with Crippen molar-refractivity contribution in [3.63, 3.8) is 0 Å². The molecule has 1 N–H and O–H groups in total. The van der Waals surface area contributed by atoms with Crippen LogP contribution < -0.4 is 5.32 Å². The van der Waals surface area contributed by atoms with E-state index in [-0.39, 0.29) is 0 Å². The fourth-order valence-corrected chi connectivity index (χ4v) is 1.15. The van der Waals surface area contributed by atoms with E-state index in [4.69, 9.17) is 5.26 Å². The van der Waals surface area contributed by atoms with E-state index in [1.165, 1.54) is 0 Å². The summed E-state index contributed by atoms with van der Waals surface area (Å²) in [5, 5.41) is 10.8. The number of pyridine rings is 1. The van der Waals surface area contributed by atoms with Crippen molar-refractivity contribution in [1.82, 2.24) is 15.0 Å². The highest BCUT2D eigenvalue weighted by Gasteiger charge is 2.00. The third kappa shape index (κ3) is 2.06. The van der Waals surface area contributed by atoms with Gasteiger partial charge in [-0.3, -0.25) is 10.3 Å². The minimum absolute atomic E-state index is 0.298. The number of hydrogen-bond acceptors (Lipinski definition) is 5. The van der Waals surface area contributed by atoms with E-state index in [2.05, 4.69) is 20.3 Å². The Morgan fingerprint density at radius 2 is 1.93 bits per heavy atom. The lowest BCUT2D eigenvalue weighted by atomic mass is 10.2. The predicted octanol–water partition coefficient (Wildman–Crippen LogP) is 1.43. The molecular weight excluding hydrogens is 190 g/mol. The van der Waals surface area contributed by atoms with Gasteiger partial charge in [0.1, 0.15) is 0 Å². The molecule has 0 saturated carbocycles. The van der Waals surface area contributed by atoms with Crippen LogP contribution in [0.5, 0.6) is 0 Å². The number of aromatic nitrogens is 3. The molecule has 2 heterocycles. The van der Waals surface area contributed by atoms with Crippen molar-refractivity contribution in [2.75, 3.05) is 5.32 Å². The normalized spacial score (nSPS) is 9.27. The number of nitriles is 1. The van der Waals surface area contributed by atoms with E-state index >= 15 is 0 Å². The molecule has 0 atom stereocenters. The molecule has 72 valence electrons. The Labute approximate surface area is 86.5 Å². The average Bonchev–Trinajstić information content (AvgIpc) is 2.31. The van der Waals surface area contributed by atoms with E-state index in [0.29, 0.717) is 5.95 Å². The van der Waals surface area contributed by atoms with Crippen molar-refractivity contribution >= 4 is 5.95 Å². The highest BCUT2D eigenvalue weighted by Crippen LogP contribution is 2.15. The highest BCUT2D eigenvalue weighted by atomic mass is 15.1. The molecule has 0 radical (unpaired) electrons. The van der Waals surface area contributed by atoms with Gasteiger partial charge in [0, 0.05) is 24.2 Å². The topological polar surface area (TPSA) is 74.5 Å². The number of nitrogens with one attached hydrogen (secondary N) is 1. The Balaban J connectivity index is 2.38. The Kier molecular flexibility index (Phi) is 2.52. The van der Waals surface area contributed by atoms with Crippen molar-refractivity contribution in [1.29, 1.82) is 5.26 Å². The first-order valence-corrected chi connectivity index (χ1v) is 4.29. The number of nitrogens with zero attached hydrogens (tertiary/aromatic N) is 4. The minimum Gasteiger partial charge on any atom is -0.265 e. The largest absolute Gasteiger partial charge is 0.265 e. The van der Waals surface area contributed by atoms with Gasteiger partial charge in [-0.25, -0.2) is 9.97 Å².